The maximum Gasteiger partial charge on any atom is 0.272 e. The van der Waals surface area contributed by atoms with E-state index in [1.165, 1.54) is 6.07 Å². The van der Waals surface area contributed by atoms with Gasteiger partial charge in [0.15, 0.2) is 11.5 Å². The third kappa shape index (κ3) is 2.80. The van der Waals surface area contributed by atoms with Gasteiger partial charge in [-0.15, -0.1) is 0 Å². The first-order valence-electron chi connectivity index (χ1n) is 8.95. The van der Waals surface area contributed by atoms with E-state index in [1.807, 2.05) is 20.8 Å². The van der Waals surface area contributed by atoms with E-state index in [1.54, 1.807) is 10.7 Å². The van der Waals surface area contributed by atoms with Gasteiger partial charge in [-0.2, -0.15) is 5.10 Å². The number of amides is 1. The van der Waals surface area contributed by atoms with Crippen LogP contribution < -0.4 is 5.32 Å². The zero-order chi connectivity index (χ0) is 18.6. The van der Waals surface area contributed by atoms with Gasteiger partial charge in [0.2, 0.25) is 0 Å². The van der Waals surface area contributed by atoms with Gasteiger partial charge in [0.1, 0.15) is 5.82 Å². The predicted octanol–water partition coefficient (Wildman–Crippen LogP) is 2.20. The maximum atomic E-state index is 13.2. The number of halogens is 1. The Labute approximate surface area is 151 Å². The van der Waals surface area contributed by atoms with E-state index in [2.05, 4.69) is 15.4 Å². The van der Waals surface area contributed by atoms with Crippen molar-refractivity contribution in [1.29, 1.82) is 0 Å². The van der Waals surface area contributed by atoms with Gasteiger partial charge in [0.05, 0.1) is 24.5 Å². The van der Waals surface area contributed by atoms with Crippen molar-refractivity contribution >= 4 is 5.91 Å². The van der Waals surface area contributed by atoms with Gasteiger partial charge in [-0.25, -0.2) is 14.1 Å². The van der Waals surface area contributed by atoms with E-state index in [-0.39, 0.29) is 24.0 Å². The highest BCUT2D eigenvalue weighted by Crippen LogP contribution is 2.57. The van der Waals surface area contributed by atoms with E-state index in [0.29, 0.717) is 23.3 Å². The fourth-order valence-electron chi connectivity index (χ4n) is 3.73. The molecule has 1 unspecified atom stereocenters. The minimum Gasteiger partial charge on any atom is -0.394 e. The number of nitrogens with zero attached hydrogens (tertiary/aromatic N) is 3. The molecular weight excluding hydrogens is 335 g/mol. The fraction of sp³-hybridized carbons (Fsp3) is 0.526. The Balaban J connectivity index is 1.70. The van der Waals surface area contributed by atoms with Crippen molar-refractivity contribution in [3.63, 3.8) is 0 Å². The summed E-state index contributed by atoms with van der Waals surface area (Å²) in [5, 5.41) is 17.1. The van der Waals surface area contributed by atoms with Crippen LogP contribution in [0.1, 0.15) is 54.9 Å². The van der Waals surface area contributed by atoms with Gasteiger partial charge in [0, 0.05) is 11.5 Å². The van der Waals surface area contributed by atoms with Crippen molar-refractivity contribution in [3.05, 3.63) is 41.1 Å². The maximum absolute atomic E-state index is 13.2. The lowest BCUT2D eigenvalue weighted by molar-refractivity contribution is 0.0841. The van der Waals surface area contributed by atoms with E-state index in [4.69, 9.17) is 0 Å². The third-order valence-electron chi connectivity index (χ3n) is 5.44. The summed E-state index contributed by atoms with van der Waals surface area (Å²) in [4.78, 5) is 17.0. The van der Waals surface area contributed by atoms with Gasteiger partial charge in [-0.3, -0.25) is 4.79 Å². The average molecular weight is 358 g/mol. The van der Waals surface area contributed by atoms with Crippen molar-refractivity contribution in [2.45, 2.75) is 45.6 Å². The molecule has 2 aliphatic carbocycles. The number of hydrogen-bond acceptors (Lipinski definition) is 4. The van der Waals surface area contributed by atoms with Crippen LogP contribution in [0.3, 0.4) is 0 Å². The fourth-order valence-corrected chi connectivity index (χ4v) is 3.73. The molecule has 0 spiro atoms. The number of hydrogen-bond donors (Lipinski definition) is 2. The van der Waals surface area contributed by atoms with Crippen LogP contribution in [0.4, 0.5) is 4.39 Å². The highest BCUT2D eigenvalue weighted by atomic mass is 19.1. The molecule has 7 heteroatoms. The lowest BCUT2D eigenvalue weighted by atomic mass is 9.87. The van der Waals surface area contributed by atoms with Crippen LogP contribution in [0.5, 0.6) is 0 Å². The highest BCUT2D eigenvalue weighted by molar-refractivity contribution is 5.94. The Morgan fingerprint density at radius 2 is 2.23 bits per heavy atom. The summed E-state index contributed by atoms with van der Waals surface area (Å²) in [7, 11) is 0. The van der Waals surface area contributed by atoms with E-state index >= 15 is 0 Å². The molecule has 26 heavy (non-hydrogen) atoms. The lowest BCUT2D eigenvalue weighted by Gasteiger charge is -2.29. The molecule has 0 radical (unpaired) electrons. The standard InChI is InChI=1S/C19H23FN4O2/c1-19(2,3)14(9-25)22-18(26)16-13-7-10-6-12(10)17(13)24(23-16)15-5-4-11(20)8-21-15/h4-5,8,10,12,14,25H,6-7,9H2,1-3H3,(H,22,26)/t10?,12-,14-/m1/s1. The second-order valence-corrected chi connectivity index (χ2v) is 8.34. The monoisotopic (exact) mass is 358 g/mol. The van der Waals surface area contributed by atoms with Crippen LogP contribution in [-0.4, -0.2) is 38.4 Å². The first-order chi connectivity index (χ1) is 12.3. The summed E-state index contributed by atoms with van der Waals surface area (Å²) in [5.41, 5.74) is 2.11. The van der Waals surface area contributed by atoms with E-state index < -0.39 is 5.82 Å². The smallest absolute Gasteiger partial charge is 0.272 e. The van der Waals surface area contributed by atoms with Crippen LogP contribution in [-0.2, 0) is 6.42 Å². The Hall–Kier alpha value is -2.28. The van der Waals surface area contributed by atoms with Crippen LogP contribution in [0.2, 0.25) is 0 Å². The largest absolute Gasteiger partial charge is 0.394 e. The Morgan fingerprint density at radius 3 is 2.85 bits per heavy atom. The Bertz CT molecular complexity index is 854. The van der Waals surface area contributed by atoms with E-state index in [0.717, 1.165) is 30.3 Å². The molecule has 1 saturated carbocycles. The summed E-state index contributed by atoms with van der Waals surface area (Å²) < 4.78 is 14.9. The topological polar surface area (TPSA) is 80.0 Å². The summed E-state index contributed by atoms with van der Waals surface area (Å²) in [6.45, 7) is 5.77. The second-order valence-electron chi connectivity index (χ2n) is 8.34. The van der Waals surface area contributed by atoms with Crippen LogP contribution >= 0.6 is 0 Å². The molecule has 0 saturated heterocycles. The second kappa shape index (κ2) is 5.87. The Kier molecular flexibility index (Phi) is 3.87. The molecular formula is C19H23FN4O2. The minimum absolute atomic E-state index is 0.136. The molecule has 138 valence electrons. The lowest BCUT2D eigenvalue weighted by Crippen LogP contribution is -2.46. The van der Waals surface area contributed by atoms with Gasteiger partial charge in [-0.05, 0) is 36.3 Å². The molecule has 2 aromatic rings. The Morgan fingerprint density at radius 1 is 1.46 bits per heavy atom. The van der Waals surface area contributed by atoms with Crippen molar-refractivity contribution in [3.8, 4) is 5.82 Å². The molecule has 0 bridgehead atoms. The van der Waals surface area contributed by atoms with Gasteiger partial charge in [-0.1, -0.05) is 20.8 Å². The molecule has 2 N–H and O–H groups in total. The number of nitrogens with one attached hydrogen (secondary N) is 1. The normalized spacial score (nSPS) is 21.9. The summed E-state index contributed by atoms with van der Waals surface area (Å²) in [5.74, 6) is 0.802. The number of aliphatic hydroxyl groups excluding tert-OH is 1. The molecule has 4 rings (SSSR count). The summed E-state index contributed by atoms with van der Waals surface area (Å²) >= 11 is 0. The number of aromatic nitrogens is 3. The zero-order valence-electron chi connectivity index (χ0n) is 15.2. The van der Waals surface area contributed by atoms with Gasteiger partial charge < -0.3 is 10.4 Å². The molecule has 0 aromatic carbocycles. The highest BCUT2D eigenvalue weighted by Gasteiger charge is 2.50. The summed E-state index contributed by atoms with van der Waals surface area (Å²) in [6, 6.07) is 2.55. The number of carbonyl (C=O) groups is 1. The van der Waals surface area contributed by atoms with Crippen LogP contribution in [0.25, 0.3) is 5.82 Å². The number of fused-ring (bicyclic) bond motifs is 3. The number of pyridine rings is 1. The van der Waals surface area contributed by atoms with E-state index in [9.17, 15) is 14.3 Å². The van der Waals surface area contributed by atoms with Crippen molar-refractivity contribution in [2.24, 2.45) is 11.3 Å². The van der Waals surface area contributed by atoms with Crippen molar-refractivity contribution in [2.75, 3.05) is 6.61 Å². The van der Waals surface area contributed by atoms with Crippen molar-refractivity contribution in [1.82, 2.24) is 20.1 Å². The van der Waals surface area contributed by atoms with Crippen molar-refractivity contribution < 1.29 is 14.3 Å². The summed E-state index contributed by atoms with van der Waals surface area (Å²) in [6.07, 6.45) is 3.09. The third-order valence-corrected chi connectivity index (χ3v) is 5.44. The molecule has 0 aliphatic heterocycles. The SMILES string of the molecule is CC(C)(C)[C@@H](CO)NC(=O)c1nn(-c2ccc(F)cn2)c2c1CC1C[C@@H]21. The predicted molar refractivity (Wildman–Crippen MR) is 93.7 cm³/mol. The molecule has 6 nitrogen and oxygen atoms in total. The molecule has 1 fully saturated rings. The van der Waals surface area contributed by atoms with Crippen LogP contribution in [0, 0.1) is 17.2 Å². The number of rotatable bonds is 4. The zero-order valence-corrected chi connectivity index (χ0v) is 15.2. The minimum atomic E-state index is -0.407. The van der Waals surface area contributed by atoms with Gasteiger partial charge >= 0.3 is 0 Å². The van der Waals surface area contributed by atoms with Crippen LogP contribution in [0.15, 0.2) is 18.3 Å². The number of carbonyl (C=O) groups excluding carboxylic acids is 1. The number of aliphatic hydroxyl groups is 1. The molecule has 2 aromatic heterocycles. The molecule has 2 aliphatic rings. The quantitative estimate of drug-likeness (QED) is 0.878. The first-order valence-corrected chi connectivity index (χ1v) is 8.95. The molecule has 2 heterocycles. The molecule has 3 atom stereocenters. The first kappa shape index (κ1) is 17.1. The average Bonchev–Trinajstić information content (AvgIpc) is 3.08. The van der Waals surface area contributed by atoms with Gasteiger partial charge in [0.25, 0.3) is 5.91 Å². The molecule has 1 amide bonds.